The van der Waals surface area contributed by atoms with Crippen LogP contribution in [0.3, 0.4) is 0 Å². The number of benzene rings is 1. The highest BCUT2D eigenvalue weighted by Gasteiger charge is 2.30. The molecular formula is C17H17N6O3+. The molecule has 3 rings (SSSR count). The van der Waals surface area contributed by atoms with E-state index in [9.17, 15) is 14.4 Å². The summed E-state index contributed by atoms with van der Waals surface area (Å²) < 4.78 is 1.33. The van der Waals surface area contributed by atoms with Gasteiger partial charge in [-0.1, -0.05) is 12.1 Å². The molecule has 2 heterocycles. The van der Waals surface area contributed by atoms with Crippen LogP contribution in [0.1, 0.15) is 6.42 Å². The monoisotopic (exact) mass is 353 g/mol. The molecule has 132 valence electrons. The van der Waals surface area contributed by atoms with Crippen LogP contribution in [-0.4, -0.2) is 47.3 Å². The van der Waals surface area contributed by atoms with Gasteiger partial charge in [0.2, 0.25) is 17.2 Å². The molecule has 0 saturated carbocycles. The van der Waals surface area contributed by atoms with Crippen LogP contribution >= 0.6 is 0 Å². The third kappa shape index (κ3) is 4.12. The highest BCUT2D eigenvalue weighted by atomic mass is 16.2. The van der Waals surface area contributed by atoms with Crippen LogP contribution in [0.5, 0.6) is 0 Å². The standard InChI is InChI=1S/C17H16N6O3/c24-14(6-9-21-17-19-7-3-8-20-17)18-10-11-23-13-5-2-1-4-12(13)22-15(25)16(23)26/h1-5,7-8H,6,9-11H2,(H-,18,19,20,21,24)/p+1. The second-order valence-corrected chi connectivity index (χ2v) is 5.46. The fourth-order valence-electron chi connectivity index (χ4n) is 2.46. The first-order chi connectivity index (χ1) is 12.6. The Morgan fingerprint density at radius 2 is 1.81 bits per heavy atom. The molecule has 1 aromatic carbocycles. The van der Waals surface area contributed by atoms with Gasteiger partial charge in [-0.25, -0.2) is 14.8 Å². The van der Waals surface area contributed by atoms with Gasteiger partial charge in [-0.3, -0.25) is 9.59 Å². The van der Waals surface area contributed by atoms with E-state index in [0.717, 1.165) is 0 Å². The molecule has 9 nitrogen and oxygen atoms in total. The summed E-state index contributed by atoms with van der Waals surface area (Å²) in [5.41, 5.74) is 0. The number of anilines is 1. The first-order valence-electron chi connectivity index (χ1n) is 8.09. The Kier molecular flexibility index (Phi) is 5.37. The maximum Gasteiger partial charge on any atom is 0.480 e. The molecule has 1 aromatic heterocycles. The lowest BCUT2D eigenvalue weighted by atomic mass is 10.3. The van der Waals surface area contributed by atoms with Gasteiger partial charge in [0.1, 0.15) is 5.36 Å². The lowest BCUT2D eigenvalue weighted by Gasteiger charge is -2.06. The van der Waals surface area contributed by atoms with E-state index < -0.39 is 11.8 Å². The van der Waals surface area contributed by atoms with Crippen LogP contribution in [0.4, 0.5) is 5.95 Å². The number of rotatable bonds is 7. The summed E-state index contributed by atoms with van der Waals surface area (Å²) in [5.74, 6) is -1.22. The Morgan fingerprint density at radius 3 is 2.62 bits per heavy atom. The van der Waals surface area contributed by atoms with E-state index in [2.05, 4.69) is 25.6 Å². The number of fused-ring (bicyclic) bond motifs is 1. The number of carbonyl (C=O) groups is 3. The molecule has 9 heteroatoms. The molecular weight excluding hydrogens is 336 g/mol. The Labute approximate surface area is 148 Å². The van der Waals surface area contributed by atoms with E-state index in [4.69, 9.17) is 0 Å². The number of hydrogen-bond acceptors (Lipinski definition) is 6. The molecule has 26 heavy (non-hydrogen) atoms. The van der Waals surface area contributed by atoms with Gasteiger partial charge in [0.25, 0.3) is 0 Å². The molecule has 1 aliphatic heterocycles. The predicted molar refractivity (Wildman–Crippen MR) is 91.5 cm³/mol. The Bertz CT molecular complexity index is 958. The van der Waals surface area contributed by atoms with E-state index in [1.807, 2.05) is 0 Å². The molecule has 0 aliphatic carbocycles. The number of aromatic nitrogens is 2. The number of nitrogens with one attached hydrogen (secondary N) is 2. The summed E-state index contributed by atoms with van der Waals surface area (Å²) in [5, 5.41) is 6.68. The topological polar surface area (TPSA) is 116 Å². The molecule has 0 bridgehead atoms. The Morgan fingerprint density at radius 1 is 1.04 bits per heavy atom. The van der Waals surface area contributed by atoms with Gasteiger partial charge in [0.15, 0.2) is 6.54 Å². The highest BCUT2D eigenvalue weighted by Crippen LogP contribution is 1.93. The molecule has 2 aromatic rings. The zero-order valence-corrected chi connectivity index (χ0v) is 13.9. The van der Waals surface area contributed by atoms with Crippen molar-refractivity contribution < 1.29 is 14.4 Å². The van der Waals surface area contributed by atoms with Gasteiger partial charge >= 0.3 is 11.8 Å². The van der Waals surface area contributed by atoms with E-state index in [1.54, 1.807) is 42.7 Å². The third-order valence-electron chi connectivity index (χ3n) is 3.68. The molecule has 0 atom stereocenters. The first-order valence-corrected chi connectivity index (χ1v) is 8.09. The fraction of sp³-hybridized carbons (Fsp3) is 0.235. The van der Waals surface area contributed by atoms with E-state index in [-0.39, 0.29) is 25.4 Å². The summed E-state index contributed by atoms with van der Waals surface area (Å²) in [4.78, 5) is 47.3. The highest BCUT2D eigenvalue weighted by molar-refractivity contribution is 6.36. The van der Waals surface area contributed by atoms with Crippen LogP contribution in [0.25, 0.3) is 0 Å². The van der Waals surface area contributed by atoms with Gasteiger partial charge in [-0.15, -0.1) is 4.58 Å². The molecule has 1 aliphatic rings. The third-order valence-corrected chi connectivity index (χ3v) is 3.68. The van der Waals surface area contributed by atoms with Crippen molar-refractivity contribution in [1.29, 1.82) is 0 Å². The van der Waals surface area contributed by atoms with Crippen molar-refractivity contribution in [2.75, 3.05) is 25.0 Å². The van der Waals surface area contributed by atoms with Crippen LogP contribution in [-0.2, 0) is 14.4 Å². The van der Waals surface area contributed by atoms with Crippen molar-refractivity contribution in [1.82, 2.24) is 19.9 Å². The number of hydrogen-bond donors (Lipinski definition) is 2. The lowest BCUT2D eigenvalue weighted by molar-refractivity contribution is -0.139. The molecule has 2 N–H and O–H groups in total. The van der Waals surface area contributed by atoms with Crippen LogP contribution in [0.2, 0.25) is 0 Å². The quantitative estimate of drug-likeness (QED) is 0.451. The first kappa shape index (κ1) is 17.3. The largest absolute Gasteiger partial charge is 0.480 e. The summed E-state index contributed by atoms with van der Waals surface area (Å²) in [7, 11) is 0. The normalized spacial score (nSPS) is 13.0. The second kappa shape index (κ2) is 8.06. The zero-order valence-electron chi connectivity index (χ0n) is 13.9. The summed E-state index contributed by atoms with van der Waals surface area (Å²) >= 11 is 0. The minimum atomic E-state index is -0.804. The van der Waals surface area contributed by atoms with Crippen molar-refractivity contribution in [3.05, 3.63) is 53.4 Å². The average Bonchev–Trinajstić information content (AvgIpc) is 2.66. The van der Waals surface area contributed by atoms with Gasteiger partial charge in [0, 0.05) is 31.4 Å². The van der Waals surface area contributed by atoms with Crippen molar-refractivity contribution >= 4 is 23.7 Å². The SMILES string of the molecule is O=C(CCNc1ncccn1)NCC[N+]1=c2ccccc2=NC(=O)C1=O. The fourth-order valence-corrected chi connectivity index (χ4v) is 2.46. The lowest BCUT2D eigenvalue weighted by Crippen LogP contribution is -2.52. The van der Waals surface area contributed by atoms with Crippen molar-refractivity contribution in [3.8, 4) is 0 Å². The van der Waals surface area contributed by atoms with Gasteiger partial charge in [-0.2, -0.15) is 4.99 Å². The van der Waals surface area contributed by atoms with E-state index in [0.29, 0.717) is 23.2 Å². The zero-order chi connectivity index (χ0) is 18.4. The Balaban J connectivity index is 1.53. The number of nitrogens with zero attached hydrogens (tertiary/aromatic N) is 4. The average molecular weight is 353 g/mol. The molecule has 0 radical (unpaired) electrons. The maximum atomic E-state index is 12.0. The van der Waals surface area contributed by atoms with Crippen LogP contribution in [0, 0.1) is 0 Å². The van der Waals surface area contributed by atoms with Gasteiger partial charge < -0.3 is 10.6 Å². The van der Waals surface area contributed by atoms with Crippen molar-refractivity contribution in [3.63, 3.8) is 0 Å². The van der Waals surface area contributed by atoms with Crippen molar-refractivity contribution in [2.24, 2.45) is 4.99 Å². The van der Waals surface area contributed by atoms with E-state index in [1.165, 1.54) is 4.58 Å². The summed E-state index contributed by atoms with van der Waals surface area (Å²) in [6.45, 7) is 0.810. The molecule has 0 saturated heterocycles. The van der Waals surface area contributed by atoms with E-state index >= 15 is 0 Å². The van der Waals surface area contributed by atoms with Crippen LogP contribution < -0.4 is 25.9 Å². The molecule has 0 unspecified atom stereocenters. The molecule has 3 amide bonds. The minimum Gasteiger partial charge on any atom is -0.354 e. The predicted octanol–water partition coefficient (Wildman–Crippen LogP) is -1.73. The van der Waals surface area contributed by atoms with Crippen LogP contribution in [0.15, 0.2) is 47.7 Å². The number of amides is 3. The number of carbonyl (C=O) groups excluding carboxylic acids is 3. The smallest absolute Gasteiger partial charge is 0.354 e. The van der Waals surface area contributed by atoms with Crippen molar-refractivity contribution in [2.45, 2.75) is 6.42 Å². The second-order valence-electron chi connectivity index (χ2n) is 5.46. The van der Waals surface area contributed by atoms with Gasteiger partial charge in [-0.05, 0) is 12.1 Å². The summed E-state index contributed by atoms with van der Waals surface area (Å²) in [6.07, 6.45) is 3.45. The molecule has 0 spiro atoms. The molecule has 0 fully saturated rings. The Hall–Kier alpha value is -3.49. The summed E-state index contributed by atoms with van der Waals surface area (Å²) in [6, 6.07) is 8.60. The minimum absolute atomic E-state index is 0.179. The number of para-hydroxylation sites is 2. The van der Waals surface area contributed by atoms with Gasteiger partial charge in [0.05, 0.1) is 6.54 Å². The maximum absolute atomic E-state index is 12.0.